The maximum atomic E-state index is 13.4. The second-order valence-electron chi connectivity index (χ2n) is 7.03. The monoisotopic (exact) mass is 354 g/mol. The summed E-state index contributed by atoms with van der Waals surface area (Å²) >= 11 is 0. The van der Waals surface area contributed by atoms with E-state index >= 15 is 0 Å². The van der Waals surface area contributed by atoms with E-state index in [1.807, 2.05) is 36.5 Å². The lowest BCUT2D eigenvalue weighted by Crippen LogP contribution is -2.51. The standard InChI is InChI=1S/C20H26N4O2/c25-20(18-7-1-2-8-19(18)24-11-5-9-21-24)23-10-4-3-6-17(23)16-22-12-14-26-15-13-22/h1-2,5,7-9,11,17H,3-4,6,10,12-16H2/t17-/m0/s1. The molecule has 26 heavy (non-hydrogen) atoms. The number of piperidine rings is 1. The number of carbonyl (C=O) groups is 1. The number of rotatable bonds is 4. The average Bonchev–Trinajstić information content (AvgIpc) is 3.23. The smallest absolute Gasteiger partial charge is 0.256 e. The van der Waals surface area contributed by atoms with Gasteiger partial charge in [-0.25, -0.2) is 4.68 Å². The van der Waals surface area contributed by atoms with Gasteiger partial charge < -0.3 is 9.64 Å². The van der Waals surface area contributed by atoms with E-state index < -0.39 is 0 Å². The van der Waals surface area contributed by atoms with Gasteiger partial charge in [0.25, 0.3) is 5.91 Å². The number of hydrogen-bond acceptors (Lipinski definition) is 4. The van der Waals surface area contributed by atoms with Crippen molar-refractivity contribution in [3.8, 4) is 5.69 Å². The molecule has 1 aromatic carbocycles. The Morgan fingerprint density at radius 3 is 2.77 bits per heavy atom. The summed E-state index contributed by atoms with van der Waals surface area (Å²) in [4.78, 5) is 17.9. The number of aromatic nitrogens is 2. The molecule has 0 bridgehead atoms. The number of para-hydroxylation sites is 1. The average molecular weight is 354 g/mol. The predicted octanol–water partition coefficient (Wildman–Crippen LogP) is 2.20. The van der Waals surface area contributed by atoms with Gasteiger partial charge in [-0.15, -0.1) is 0 Å². The summed E-state index contributed by atoms with van der Waals surface area (Å²) in [7, 11) is 0. The lowest BCUT2D eigenvalue weighted by molar-refractivity contribution is 0.0166. The van der Waals surface area contributed by atoms with Crippen LogP contribution in [-0.4, -0.2) is 70.9 Å². The van der Waals surface area contributed by atoms with Gasteiger partial charge in [-0.1, -0.05) is 12.1 Å². The second-order valence-corrected chi connectivity index (χ2v) is 7.03. The first-order valence-corrected chi connectivity index (χ1v) is 9.53. The van der Waals surface area contributed by atoms with Gasteiger partial charge in [0.15, 0.2) is 0 Å². The molecule has 1 aromatic heterocycles. The normalized spacial score (nSPS) is 21.7. The van der Waals surface area contributed by atoms with E-state index in [-0.39, 0.29) is 11.9 Å². The molecule has 4 rings (SSSR count). The van der Waals surface area contributed by atoms with Gasteiger partial charge in [-0.2, -0.15) is 5.10 Å². The first kappa shape index (κ1) is 17.2. The molecular formula is C20H26N4O2. The highest BCUT2D eigenvalue weighted by molar-refractivity contribution is 5.98. The number of likely N-dealkylation sites (tertiary alicyclic amines) is 1. The molecule has 2 aromatic rings. The van der Waals surface area contributed by atoms with E-state index in [9.17, 15) is 4.79 Å². The van der Waals surface area contributed by atoms with Crippen LogP contribution in [-0.2, 0) is 4.74 Å². The molecule has 138 valence electrons. The highest BCUT2D eigenvalue weighted by Crippen LogP contribution is 2.23. The lowest BCUT2D eigenvalue weighted by atomic mass is 9.99. The van der Waals surface area contributed by atoms with Crippen LogP contribution in [0.15, 0.2) is 42.7 Å². The van der Waals surface area contributed by atoms with Crippen LogP contribution >= 0.6 is 0 Å². The van der Waals surface area contributed by atoms with Gasteiger partial charge in [0.1, 0.15) is 0 Å². The van der Waals surface area contributed by atoms with Crippen LogP contribution in [0.3, 0.4) is 0 Å². The minimum atomic E-state index is 0.119. The van der Waals surface area contributed by atoms with E-state index in [0.29, 0.717) is 0 Å². The maximum absolute atomic E-state index is 13.4. The van der Waals surface area contributed by atoms with Crippen molar-refractivity contribution >= 4 is 5.91 Å². The maximum Gasteiger partial charge on any atom is 0.256 e. The van der Waals surface area contributed by atoms with E-state index in [4.69, 9.17) is 4.74 Å². The van der Waals surface area contributed by atoms with Gasteiger partial charge in [0.2, 0.25) is 0 Å². The molecule has 2 fully saturated rings. The van der Waals surface area contributed by atoms with Crippen LogP contribution in [0.2, 0.25) is 0 Å². The molecular weight excluding hydrogens is 328 g/mol. The Hall–Kier alpha value is -2.18. The predicted molar refractivity (Wildman–Crippen MR) is 99.5 cm³/mol. The van der Waals surface area contributed by atoms with Crippen molar-refractivity contribution in [2.24, 2.45) is 0 Å². The van der Waals surface area contributed by atoms with Crippen LogP contribution in [0.5, 0.6) is 0 Å². The summed E-state index contributed by atoms with van der Waals surface area (Å²) in [5, 5.41) is 4.31. The number of hydrogen-bond donors (Lipinski definition) is 0. The Bertz CT molecular complexity index is 725. The van der Waals surface area contributed by atoms with Gasteiger partial charge in [0.05, 0.1) is 24.5 Å². The number of ether oxygens (including phenoxy) is 1. The molecule has 2 aliphatic heterocycles. The Labute approximate surface area is 154 Å². The minimum absolute atomic E-state index is 0.119. The van der Waals surface area contributed by atoms with Crippen LogP contribution in [0.4, 0.5) is 0 Å². The molecule has 1 amide bonds. The minimum Gasteiger partial charge on any atom is -0.379 e. The van der Waals surface area contributed by atoms with Gasteiger partial charge in [-0.3, -0.25) is 9.69 Å². The molecule has 2 saturated heterocycles. The molecule has 0 N–H and O–H groups in total. The molecule has 3 heterocycles. The zero-order valence-electron chi connectivity index (χ0n) is 15.1. The number of carbonyl (C=O) groups excluding carboxylic acids is 1. The highest BCUT2D eigenvalue weighted by Gasteiger charge is 2.30. The van der Waals surface area contributed by atoms with Crippen molar-refractivity contribution < 1.29 is 9.53 Å². The zero-order valence-corrected chi connectivity index (χ0v) is 15.1. The van der Waals surface area contributed by atoms with Crippen molar-refractivity contribution in [3.63, 3.8) is 0 Å². The summed E-state index contributed by atoms with van der Waals surface area (Å²) in [6, 6.07) is 9.92. The third kappa shape index (κ3) is 3.66. The fourth-order valence-corrected chi connectivity index (χ4v) is 3.96. The van der Waals surface area contributed by atoms with Gasteiger partial charge in [-0.05, 0) is 37.5 Å². The van der Waals surface area contributed by atoms with Crippen molar-refractivity contribution in [2.45, 2.75) is 25.3 Å². The number of nitrogens with zero attached hydrogens (tertiary/aromatic N) is 4. The lowest BCUT2D eigenvalue weighted by Gasteiger charge is -2.40. The van der Waals surface area contributed by atoms with Crippen molar-refractivity contribution in [2.75, 3.05) is 39.4 Å². The first-order chi connectivity index (χ1) is 12.8. The summed E-state index contributed by atoms with van der Waals surface area (Å²) in [5.74, 6) is 0.119. The van der Waals surface area contributed by atoms with E-state index in [2.05, 4.69) is 14.9 Å². The SMILES string of the molecule is O=C(c1ccccc1-n1cccn1)N1CCCC[C@H]1CN1CCOCC1. The summed E-state index contributed by atoms with van der Waals surface area (Å²) in [6.45, 7) is 5.29. The zero-order chi connectivity index (χ0) is 17.8. The molecule has 0 saturated carbocycles. The second kappa shape index (κ2) is 8.01. The molecule has 2 aliphatic rings. The molecule has 6 heteroatoms. The molecule has 0 unspecified atom stereocenters. The Balaban J connectivity index is 1.56. The van der Waals surface area contributed by atoms with Gasteiger partial charge in [0, 0.05) is 44.6 Å². The van der Waals surface area contributed by atoms with Crippen LogP contribution < -0.4 is 0 Å². The molecule has 6 nitrogen and oxygen atoms in total. The van der Waals surface area contributed by atoms with Gasteiger partial charge >= 0.3 is 0 Å². The van der Waals surface area contributed by atoms with E-state index in [1.165, 1.54) is 6.42 Å². The number of morpholine rings is 1. The molecule has 0 aliphatic carbocycles. The fourth-order valence-electron chi connectivity index (χ4n) is 3.96. The van der Waals surface area contributed by atoms with Crippen LogP contribution in [0, 0.1) is 0 Å². The fraction of sp³-hybridized carbons (Fsp3) is 0.500. The highest BCUT2D eigenvalue weighted by atomic mass is 16.5. The Morgan fingerprint density at radius 2 is 1.96 bits per heavy atom. The number of benzene rings is 1. The Morgan fingerprint density at radius 1 is 1.12 bits per heavy atom. The topological polar surface area (TPSA) is 50.6 Å². The summed E-state index contributed by atoms with van der Waals surface area (Å²) in [5.41, 5.74) is 1.57. The summed E-state index contributed by atoms with van der Waals surface area (Å²) in [6.07, 6.45) is 6.97. The van der Waals surface area contributed by atoms with Crippen LogP contribution in [0.1, 0.15) is 29.6 Å². The third-order valence-corrected chi connectivity index (χ3v) is 5.35. The molecule has 0 radical (unpaired) electrons. The summed E-state index contributed by atoms with van der Waals surface area (Å²) < 4.78 is 7.23. The molecule has 1 atom stereocenters. The quantitative estimate of drug-likeness (QED) is 0.845. The van der Waals surface area contributed by atoms with Crippen molar-refractivity contribution in [1.29, 1.82) is 0 Å². The third-order valence-electron chi connectivity index (χ3n) is 5.35. The number of amides is 1. The Kier molecular flexibility index (Phi) is 5.32. The molecule has 0 spiro atoms. The first-order valence-electron chi connectivity index (χ1n) is 9.53. The largest absolute Gasteiger partial charge is 0.379 e. The van der Waals surface area contributed by atoms with Crippen molar-refractivity contribution in [3.05, 3.63) is 48.3 Å². The van der Waals surface area contributed by atoms with E-state index in [0.717, 1.165) is 63.5 Å². The van der Waals surface area contributed by atoms with Crippen LogP contribution in [0.25, 0.3) is 5.69 Å². The van der Waals surface area contributed by atoms with E-state index in [1.54, 1.807) is 10.9 Å². The van der Waals surface area contributed by atoms with Crippen molar-refractivity contribution in [1.82, 2.24) is 19.6 Å².